The lowest BCUT2D eigenvalue weighted by Crippen LogP contribution is -2.34. The largest absolute Gasteiger partial charge is 0.369 e. The highest BCUT2D eigenvalue weighted by Gasteiger charge is 2.19. The molecule has 4 nitrogen and oxygen atoms in total. The van der Waals surface area contributed by atoms with Gasteiger partial charge in [0.2, 0.25) is 5.91 Å². The van der Waals surface area contributed by atoms with Gasteiger partial charge in [-0.3, -0.25) is 4.79 Å². The molecule has 0 unspecified atom stereocenters. The normalized spacial score (nSPS) is 18.1. The molecule has 1 fully saturated rings. The van der Waals surface area contributed by atoms with Crippen molar-refractivity contribution in [3.05, 3.63) is 29.8 Å². The lowest BCUT2D eigenvalue weighted by atomic mass is 10.1. The third kappa shape index (κ3) is 3.26. The molecule has 1 aromatic rings. The number of anilines is 1. The molecular weight excluding hydrogens is 238 g/mol. The molecule has 1 heterocycles. The van der Waals surface area contributed by atoms with Crippen molar-refractivity contribution in [1.29, 1.82) is 0 Å². The quantitative estimate of drug-likeness (QED) is 0.882. The van der Waals surface area contributed by atoms with Gasteiger partial charge in [0.25, 0.3) is 0 Å². The van der Waals surface area contributed by atoms with Gasteiger partial charge in [-0.05, 0) is 25.0 Å². The molecule has 0 radical (unpaired) electrons. The minimum absolute atomic E-state index is 0.0309. The van der Waals surface area contributed by atoms with Crippen LogP contribution >= 0.6 is 0 Å². The maximum Gasteiger partial charge on any atom is 0.219 e. The zero-order valence-electron chi connectivity index (χ0n) is 11.8. The van der Waals surface area contributed by atoms with Crippen molar-refractivity contribution in [1.82, 2.24) is 4.90 Å². The molecule has 2 N–H and O–H groups in total. The van der Waals surface area contributed by atoms with E-state index in [2.05, 4.69) is 23.1 Å². The molecule has 4 heteroatoms. The summed E-state index contributed by atoms with van der Waals surface area (Å²) in [5.74, 6) is 0.169. The average Bonchev–Trinajstić information content (AvgIpc) is 2.64. The molecule has 0 spiro atoms. The van der Waals surface area contributed by atoms with Crippen molar-refractivity contribution in [3.8, 4) is 0 Å². The summed E-state index contributed by atoms with van der Waals surface area (Å²) in [4.78, 5) is 15.7. The second-order valence-corrected chi connectivity index (χ2v) is 5.19. The summed E-state index contributed by atoms with van der Waals surface area (Å²) in [6, 6.07) is 8.33. The minimum Gasteiger partial charge on any atom is -0.369 e. The van der Waals surface area contributed by atoms with Crippen LogP contribution in [0, 0.1) is 0 Å². The summed E-state index contributed by atoms with van der Waals surface area (Å²) < 4.78 is 0. The van der Waals surface area contributed by atoms with Crippen LogP contribution in [-0.4, -0.2) is 37.0 Å². The van der Waals surface area contributed by atoms with Crippen LogP contribution in [0.2, 0.25) is 0 Å². The van der Waals surface area contributed by atoms with E-state index in [0.29, 0.717) is 0 Å². The average molecular weight is 261 g/mol. The number of amides is 1. The number of benzene rings is 1. The smallest absolute Gasteiger partial charge is 0.219 e. The van der Waals surface area contributed by atoms with Gasteiger partial charge in [0, 0.05) is 44.8 Å². The van der Waals surface area contributed by atoms with Gasteiger partial charge in [0.15, 0.2) is 0 Å². The number of rotatable bonds is 2. The van der Waals surface area contributed by atoms with Crippen LogP contribution in [-0.2, 0) is 4.79 Å². The number of carbonyl (C=O) groups excluding carboxylic acids is 1. The van der Waals surface area contributed by atoms with Crippen LogP contribution < -0.4 is 10.6 Å². The van der Waals surface area contributed by atoms with E-state index in [9.17, 15) is 4.79 Å². The summed E-state index contributed by atoms with van der Waals surface area (Å²) in [6.07, 6.45) is 1.01. The number of nitrogens with zero attached hydrogens (tertiary/aromatic N) is 2. The first-order valence-electron chi connectivity index (χ1n) is 6.94. The van der Waals surface area contributed by atoms with Crippen molar-refractivity contribution in [3.63, 3.8) is 0 Å². The fourth-order valence-electron chi connectivity index (χ4n) is 2.63. The van der Waals surface area contributed by atoms with Gasteiger partial charge in [0.05, 0.1) is 0 Å². The van der Waals surface area contributed by atoms with Crippen LogP contribution in [0.3, 0.4) is 0 Å². The highest BCUT2D eigenvalue weighted by molar-refractivity contribution is 5.73. The van der Waals surface area contributed by atoms with Crippen molar-refractivity contribution in [2.45, 2.75) is 26.3 Å². The lowest BCUT2D eigenvalue weighted by molar-refractivity contribution is -0.128. The zero-order valence-corrected chi connectivity index (χ0v) is 11.8. The molecule has 19 heavy (non-hydrogen) atoms. The Morgan fingerprint density at radius 2 is 1.95 bits per heavy atom. The van der Waals surface area contributed by atoms with Crippen LogP contribution in [0.4, 0.5) is 5.69 Å². The number of hydrogen-bond donors (Lipinski definition) is 1. The first-order chi connectivity index (χ1) is 9.09. The summed E-state index contributed by atoms with van der Waals surface area (Å²) in [5, 5.41) is 0. The van der Waals surface area contributed by atoms with E-state index in [1.807, 2.05) is 17.9 Å². The van der Waals surface area contributed by atoms with E-state index in [0.717, 1.165) is 32.6 Å². The summed E-state index contributed by atoms with van der Waals surface area (Å²) >= 11 is 0. The fourth-order valence-corrected chi connectivity index (χ4v) is 2.63. The van der Waals surface area contributed by atoms with Crippen LogP contribution in [0.15, 0.2) is 24.3 Å². The number of hydrogen-bond acceptors (Lipinski definition) is 3. The first kappa shape index (κ1) is 13.9. The van der Waals surface area contributed by atoms with Gasteiger partial charge >= 0.3 is 0 Å². The molecule has 0 aliphatic carbocycles. The Bertz CT molecular complexity index is 445. The van der Waals surface area contributed by atoms with E-state index in [4.69, 9.17) is 5.73 Å². The van der Waals surface area contributed by atoms with Crippen molar-refractivity contribution in [2.75, 3.05) is 31.1 Å². The molecule has 1 aromatic carbocycles. The highest BCUT2D eigenvalue weighted by atomic mass is 16.2. The van der Waals surface area contributed by atoms with Gasteiger partial charge in [-0.15, -0.1) is 0 Å². The maximum atomic E-state index is 11.5. The van der Waals surface area contributed by atoms with E-state index in [1.54, 1.807) is 6.92 Å². The Hall–Kier alpha value is -1.55. The molecule has 1 aliphatic rings. The molecule has 1 atom stereocenters. The molecule has 0 bridgehead atoms. The number of nitrogens with two attached hydrogens (primary N) is 1. The minimum atomic E-state index is 0.0309. The molecule has 0 saturated carbocycles. The maximum absolute atomic E-state index is 11.5. The first-order valence-corrected chi connectivity index (χ1v) is 6.94. The Morgan fingerprint density at radius 3 is 2.63 bits per heavy atom. The highest BCUT2D eigenvalue weighted by Crippen LogP contribution is 2.25. The number of carbonyl (C=O) groups is 1. The summed E-state index contributed by atoms with van der Waals surface area (Å²) in [7, 11) is 0. The fraction of sp³-hybridized carbons (Fsp3) is 0.533. The molecule has 1 amide bonds. The van der Waals surface area contributed by atoms with Crippen LogP contribution in [0.5, 0.6) is 0 Å². The lowest BCUT2D eigenvalue weighted by Gasteiger charge is -2.26. The molecular formula is C15H23N3O. The van der Waals surface area contributed by atoms with E-state index >= 15 is 0 Å². The topological polar surface area (TPSA) is 49.6 Å². The van der Waals surface area contributed by atoms with E-state index in [1.165, 1.54) is 11.3 Å². The molecule has 1 saturated heterocycles. The molecule has 2 rings (SSSR count). The van der Waals surface area contributed by atoms with Crippen molar-refractivity contribution in [2.24, 2.45) is 5.73 Å². The van der Waals surface area contributed by atoms with Crippen molar-refractivity contribution >= 4 is 11.6 Å². The Kier molecular flexibility index (Phi) is 4.43. The summed E-state index contributed by atoms with van der Waals surface area (Å²) in [5.41, 5.74) is 8.44. The second-order valence-electron chi connectivity index (χ2n) is 5.19. The van der Waals surface area contributed by atoms with Crippen LogP contribution in [0.1, 0.15) is 31.9 Å². The predicted octanol–water partition coefficient (Wildman–Crippen LogP) is 1.76. The van der Waals surface area contributed by atoms with Gasteiger partial charge in [-0.25, -0.2) is 0 Å². The predicted molar refractivity (Wildman–Crippen MR) is 78.1 cm³/mol. The monoisotopic (exact) mass is 261 g/mol. The number of para-hydroxylation sites is 1. The third-order valence-corrected chi connectivity index (χ3v) is 3.71. The van der Waals surface area contributed by atoms with Crippen molar-refractivity contribution < 1.29 is 4.79 Å². The van der Waals surface area contributed by atoms with E-state index < -0.39 is 0 Å². The molecule has 0 aromatic heterocycles. The van der Waals surface area contributed by atoms with E-state index in [-0.39, 0.29) is 11.9 Å². The summed E-state index contributed by atoms with van der Waals surface area (Å²) in [6.45, 7) is 7.16. The Labute approximate surface area is 115 Å². The Balaban J connectivity index is 2.16. The second kappa shape index (κ2) is 6.06. The zero-order chi connectivity index (χ0) is 13.8. The van der Waals surface area contributed by atoms with Gasteiger partial charge < -0.3 is 15.5 Å². The SMILES string of the molecule is CC(=O)N1CCCN(c2ccccc2[C@@H](C)N)CC1. The van der Waals surface area contributed by atoms with Crippen LogP contribution in [0.25, 0.3) is 0 Å². The van der Waals surface area contributed by atoms with Gasteiger partial charge in [-0.1, -0.05) is 18.2 Å². The third-order valence-electron chi connectivity index (χ3n) is 3.71. The van der Waals surface area contributed by atoms with Gasteiger partial charge in [0.1, 0.15) is 0 Å². The molecule has 104 valence electrons. The molecule has 1 aliphatic heterocycles. The standard InChI is InChI=1S/C15H23N3O/c1-12(16)14-6-3-4-7-15(14)18-9-5-8-17(10-11-18)13(2)19/h3-4,6-7,12H,5,8-11,16H2,1-2H3/t12-/m1/s1. The van der Waals surface area contributed by atoms with Gasteiger partial charge in [-0.2, -0.15) is 0 Å². The Morgan fingerprint density at radius 1 is 1.21 bits per heavy atom.